The van der Waals surface area contributed by atoms with Gasteiger partial charge in [-0.25, -0.2) is 9.59 Å². The zero-order valence-electron chi connectivity index (χ0n) is 16.3. The van der Waals surface area contributed by atoms with Crippen molar-refractivity contribution in [3.63, 3.8) is 0 Å². The fraction of sp³-hybridized carbons (Fsp3) is 0.450. The first-order valence-corrected chi connectivity index (χ1v) is 8.84. The van der Waals surface area contributed by atoms with Crippen LogP contribution in [0.3, 0.4) is 0 Å². The number of rotatable bonds is 5. The van der Waals surface area contributed by atoms with Crippen molar-refractivity contribution in [1.29, 1.82) is 0 Å². The van der Waals surface area contributed by atoms with Gasteiger partial charge in [0.1, 0.15) is 16.9 Å². The van der Waals surface area contributed by atoms with E-state index in [0.717, 1.165) is 11.1 Å². The fourth-order valence-electron chi connectivity index (χ4n) is 2.58. The maximum atomic E-state index is 12.2. The number of aryl methyl sites for hydroxylation is 2. The Morgan fingerprint density at radius 3 is 2.52 bits per heavy atom. The van der Waals surface area contributed by atoms with Crippen LogP contribution in [0.2, 0.25) is 0 Å². The minimum Gasteiger partial charge on any atom is -0.444 e. The van der Waals surface area contributed by atoms with Crippen molar-refractivity contribution in [1.82, 2.24) is 5.32 Å². The number of carbonyl (C=O) groups is 2. The predicted molar refractivity (Wildman–Crippen MR) is 101 cm³/mol. The molecule has 2 rings (SSSR count). The molecule has 0 aliphatic heterocycles. The lowest BCUT2D eigenvalue weighted by Gasteiger charge is -2.19. The number of ether oxygens (including phenoxy) is 2. The Labute approximate surface area is 157 Å². The summed E-state index contributed by atoms with van der Waals surface area (Å²) in [5, 5.41) is 3.12. The van der Waals surface area contributed by atoms with Gasteiger partial charge in [0.25, 0.3) is 0 Å². The van der Waals surface area contributed by atoms with E-state index in [-0.39, 0.29) is 13.0 Å². The van der Waals surface area contributed by atoms with E-state index < -0.39 is 23.3 Å². The van der Waals surface area contributed by atoms with Crippen LogP contribution >= 0.6 is 0 Å². The Morgan fingerprint density at radius 2 is 1.89 bits per heavy atom. The van der Waals surface area contributed by atoms with Gasteiger partial charge in [-0.1, -0.05) is 6.92 Å². The van der Waals surface area contributed by atoms with Gasteiger partial charge in [0.05, 0.1) is 11.8 Å². The van der Waals surface area contributed by atoms with Crippen LogP contribution in [-0.2, 0) is 16.0 Å². The van der Waals surface area contributed by atoms with Crippen molar-refractivity contribution >= 4 is 23.0 Å². The molecule has 7 heteroatoms. The molecule has 1 aromatic carbocycles. The monoisotopic (exact) mass is 375 g/mol. The van der Waals surface area contributed by atoms with E-state index in [1.165, 1.54) is 6.07 Å². The average molecular weight is 375 g/mol. The summed E-state index contributed by atoms with van der Waals surface area (Å²) in [5.74, 6) is -0.168. The molecule has 7 nitrogen and oxygen atoms in total. The zero-order chi connectivity index (χ0) is 20.2. The number of alkyl carbamates (subject to hydrolysis) is 1. The number of fused-ring (bicyclic) bond motifs is 1. The lowest BCUT2D eigenvalue weighted by atomic mass is 10.1. The van der Waals surface area contributed by atoms with Crippen LogP contribution in [0.5, 0.6) is 5.75 Å². The molecule has 0 fully saturated rings. The minimum atomic E-state index is -0.606. The van der Waals surface area contributed by atoms with Gasteiger partial charge in [-0.05, 0) is 57.4 Å². The Hall–Kier alpha value is -2.83. The van der Waals surface area contributed by atoms with Gasteiger partial charge < -0.3 is 19.2 Å². The molecule has 27 heavy (non-hydrogen) atoms. The minimum absolute atomic E-state index is 0.0209. The summed E-state index contributed by atoms with van der Waals surface area (Å²) in [7, 11) is 0. The molecule has 1 heterocycles. The topological polar surface area (TPSA) is 94.8 Å². The Morgan fingerprint density at radius 1 is 1.19 bits per heavy atom. The zero-order valence-corrected chi connectivity index (χ0v) is 16.3. The van der Waals surface area contributed by atoms with Crippen molar-refractivity contribution in [2.75, 3.05) is 6.54 Å². The quantitative estimate of drug-likeness (QED) is 0.488. The van der Waals surface area contributed by atoms with Crippen LogP contribution in [-0.4, -0.2) is 24.2 Å². The lowest BCUT2D eigenvalue weighted by Crippen LogP contribution is -2.34. The van der Waals surface area contributed by atoms with Crippen molar-refractivity contribution in [2.24, 2.45) is 0 Å². The summed E-state index contributed by atoms with van der Waals surface area (Å²) in [6, 6.07) is 4.86. The molecule has 0 aliphatic rings. The predicted octanol–water partition coefficient (Wildman–Crippen LogP) is 3.48. The maximum Gasteiger partial charge on any atom is 0.407 e. The number of nitrogens with one attached hydrogen (secondary N) is 1. The number of benzene rings is 1. The van der Waals surface area contributed by atoms with Crippen LogP contribution in [0, 0.1) is 6.92 Å². The van der Waals surface area contributed by atoms with Gasteiger partial charge in [-0.15, -0.1) is 0 Å². The third-order valence-corrected chi connectivity index (χ3v) is 3.64. The molecule has 0 bridgehead atoms. The smallest absolute Gasteiger partial charge is 0.407 e. The van der Waals surface area contributed by atoms with Gasteiger partial charge in [0.2, 0.25) is 0 Å². The van der Waals surface area contributed by atoms with Crippen molar-refractivity contribution in [3.05, 3.63) is 39.7 Å². The summed E-state index contributed by atoms with van der Waals surface area (Å²) < 4.78 is 15.8. The van der Waals surface area contributed by atoms with E-state index in [0.29, 0.717) is 23.1 Å². The van der Waals surface area contributed by atoms with E-state index in [4.69, 9.17) is 13.9 Å². The molecule has 0 unspecified atom stereocenters. The van der Waals surface area contributed by atoms with Crippen LogP contribution in [0.1, 0.15) is 45.2 Å². The molecular formula is C20H25NO6. The van der Waals surface area contributed by atoms with Gasteiger partial charge >= 0.3 is 17.7 Å². The number of hydrogen-bond donors (Lipinski definition) is 1. The van der Waals surface area contributed by atoms with Crippen LogP contribution in [0.25, 0.3) is 11.0 Å². The molecule has 146 valence electrons. The highest BCUT2D eigenvalue weighted by Crippen LogP contribution is 2.30. The molecule has 0 atom stereocenters. The Balaban J connectivity index is 2.10. The number of esters is 1. The van der Waals surface area contributed by atoms with E-state index in [2.05, 4.69) is 5.32 Å². The number of amides is 1. The second-order valence-electron chi connectivity index (χ2n) is 7.23. The van der Waals surface area contributed by atoms with E-state index in [1.807, 2.05) is 13.8 Å². The number of hydrogen-bond acceptors (Lipinski definition) is 6. The second kappa shape index (κ2) is 8.24. The van der Waals surface area contributed by atoms with Crippen molar-refractivity contribution < 1.29 is 23.5 Å². The third kappa shape index (κ3) is 5.84. The van der Waals surface area contributed by atoms with E-state index in [1.54, 1.807) is 32.9 Å². The highest BCUT2D eigenvalue weighted by Gasteiger charge is 2.17. The maximum absolute atomic E-state index is 12.2. The largest absolute Gasteiger partial charge is 0.444 e. The summed E-state index contributed by atoms with van der Waals surface area (Å²) in [6.45, 7) is 9.09. The third-order valence-electron chi connectivity index (χ3n) is 3.64. The summed E-state index contributed by atoms with van der Waals surface area (Å²) in [6.07, 6.45) is -0.0191. The molecule has 0 radical (unpaired) electrons. The van der Waals surface area contributed by atoms with Gasteiger partial charge in [-0.3, -0.25) is 4.79 Å². The first-order valence-electron chi connectivity index (χ1n) is 8.84. The van der Waals surface area contributed by atoms with E-state index in [9.17, 15) is 14.4 Å². The Kier molecular flexibility index (Phi) is 6.25. The molecule has 1 amide bonds. The molecule has 0 saturated carbocycles. The first kappa shape index (κ1) is 20.5. The SMILES string of the molecule is CCc1cc(=O)oc2cc(C)cc(OC(=O)CCNC(=O)OC(C)(C)C)c12. The van der Waals surface area contributed by atoms with Crippen LogP contribution in [0.4, 0.5) is 4.79 Å². The molecule has 2 aromatic rings. The van der Waals surface area contributed by atoms with Crippen molar-refractivity contribution in [2.45, 2.75) is 53.1 Å². The first-order chi connectivity index (χ1) is 12.6. The molecule has 1 aromatic heterocycles. The van der Waals surface area contributed by atoms with E-state index >= 15 is 0 Å². The lowest BCUT2D eigenvalue weighted by molar-refractivity contribution is -0.134. The molecular weight excluding hydrogens is 350 g/mol. The highest BCUT2D eigenvalue weighted by atomic mass is 16.6. The van der Waals surface area contributed by atoms with Crippen molar-refractivity contribution in [3.8, 4) is 5.75 Å². The normalized spacial score (nSPS) is 11.3. The fourth-order valence-corrected chi connectivity index (χ4v) is 2.58. The summed E-state index contributed by atoms with van der Waals surface area (Å²) in [4.78, 5) is 35.5. The average Bonchev–Trinajstić information content (AvgIpc) is 2.51. The molecule has 0 aliphatic carbocycles. The van der Waals surface area contributed by atoms with Gasteiger partial charge in [0, 0.05) is 12.6 Å². The molecule has 1 N–H and O–H groups in total. The second-order valence-corrected chi connectivity index (χ2v) is 7.23. The van der Waals surface area contributed by atoms with Gasteiger partial charge in [-0.2, -0.15) is 0 Å². The highest BCUT2D eigenvalue weighted by molar-refractivity contribution is 5.90. The summed E-state index contributed by atoms with van der Waals surface area (Å²) >= 11 is 0. The van der Waals surface area contributed by atoms with Crippen LogP contribution < -0.4 is 15.7 Å². The van der Waals surface area contributed by atoms with Crippen LogP contribution in [0.15, 0.2) is 27.4 Å². The summed E-state index contributed by atoms with van der Waals surface area (Å²) in [5.41, 5.74) is 0.883. The standard InChI is InChI=1S/C20H25NO6/c1-6-13-11-17(23)26-15-10-12(2)9-14(18(13)15)25-16(22)7-8-21-19(24)27-20(3,4)5/h9-11H,6-8H2,1-5H3,(H,21,24). The molecule has 0 spiro atoms. The van der Waals surface area contributed by atoms with Gasteiger partial charge in [0.15, 0.2) is 0 Å². The molecule has 0 saturated heterocycles. The Bertz CT molecular complexity index is 907. The number of carbonyl (C=O) groups excluding carboxylic acids is 2.